The minimum absolute atomic E-state index is 0.775. The molecule has 0 aliphatic carbocycles. The van der Waals surface area contributed by atoms with Gasteiger partial charge < -0.3 is 27.0 Å². The molecular weight excluding hydrogens is 250 g/mol. The standard InChI is InChI=1S/C15H26N5/c16-15-3-2-13-11-19-8-6-17-4-1-5-18-7-9-20-12-14(13)10-15/h2-3,10,17-18,20H,1,4-9,11-12,16H2/q-1. The fraction of sp³-hybridized carbons (Fsp3) is 0.600. The van der Waals surface area contributed by atoms with E-state index in [0.717, 1.165) is 64.5 Å². The molecule has 112 valence electrons. The van der Waals surface area contributed by atoms with Gasteiger partial charge in [0.2, 0.25) is 0 Å². The normalized spacial score (nSPS) is 19.6. The summed E-state index contributed by atoms with van der Waals surface area (Å²) in [5.74, 6) is 0. The lowest BCUT2D eigenvalue weighted by molar-refractivity contribution is 0.577. The van der Waals surface area contributed by atoms with Gasteiger partial charge in [-0.25, -0.2) is 0 Å². The van der Waals surface area contributed by atoms with Gasteiger partial charge in [-0.2, -0.15) is 0 Å². The summed E-state index contributed by atoms with van der Waals surface area (Å²) >= 11 is 0. The van der Waals surface area contributed by atoms with Gasteiger partial charge in [0, 0.05) is 25.3 Å². The average Bonchev–Trinajstić information content (AvgIpc) is 2.45. The highest BCUT2D eigenvalue weighted by atomic mass is 15.0. The molecule has 0 unspecified atom stereocenters. The molecule has 5 nitrogen and oxygen atoms in total. The molecule has 5 N–H and O–H groups in total. The highest BCUT2D eigenvalue weighted by molar-refractivity contribution is 5.45. The Hall–Kier alpha value is -1.14. The van der Waals surface area contributed by atoms with Crippen molar-refractivity contribution in [2.45, 2.75) is 19.5 Å². The second-order valence-corrected chi connectivity index (χ2v) is 5.16. The molecule has 0 fully saturated rings. The highest BCUT2D eigenvalue weighted by Gasteiger charge is 2.00. The summed E-state index contributed by atoms with van der Waals surface area (Å²) in [7, 11) is 0. The lowest BCUT2D eigenvalue weighted by atomic mass is 10.1. The van der Waals surface area contributed by atoms with Crippen LogP contribution in [-0.4, -0.2) is 39.3 Å². The maximum Gasteiger partial charge on any atom is 0.0317 e. The molecule has 1 aromatic carbocycles. The van der Waals surface area contributed by atoms with Crippen molar-refractivity contribution in [2.24, 2.45) is 0 Å². The van der Waals surface area contributed by atoms with Gasteiger partial charge in [0.15, 0.2) is 0 Å². The largest absolute Gasteiger partial charge is 0.657 e. The molecule has 0 atom stereocenters. The van der Waals surface area contributed by atoms with E-state index in [1.165, 1.54) is 11.1 Å². The maximum absolute atomic E-state index is 5.88. The van der Waals surface area contributed by atoms with E-state index >= 15 is 0 Å². The van der Waals surface area contributed by atoms with Gasteiger partial charge in [0.05, 0.1) is 0 Å². The molecule has 0 aromatic heterocycles. The van der Waals surface area contributed by atoms with E-state index in [1.54, 1.807) is 0 Å². The van der Waals surface area contributed by atoms with Gasteiger partial charge in [0.1, 0.15) is 0 Å². The number of hydrogen-bond acceptors (Lipinski definition) is 4. The van der Waals surface area contributed by atoms with Crippen molar-refractivity contribution >= 4 is 5.69 Å². The molecule has 0 spiro atoms. The topological polar surface area (TPSA) is 76.2 Å². The van der Waals surface area contributed by atoms with Gasteiger partial charge in [-0.1, -0.05) is 11.6 Å². The third-order valence-corrected chi connectivity index (χ3v) is 3.46. The van der Waals surface area contributed by atoms with Crippen molar-refractivity contribution in [3.63, 3.8) is 0 Å². The number of anilines is 1. The number of rotatable bonds is 0. The fourth-order valence-electron chi connectivity index (χ4n) is 2.31. The SMILES string of the molecule is Nc1ccc2c(c1)CNCCNCCCNCC[N-]C2. The molecule has 2 rings (SSSR count). The quantitative estimate of drug-likeness (QED) is 0.529. The molecule has 0 saturated heterocycles. The number of nitrogen functional groups attached to an aromatic ring is 1. The highest BCUT2D eigenvalue weighted by Crippen LogP contribution is 2.16. The van der Waals surface area contributed by atoms with Crippen molar-refractivity contribution in [1.82, 2.24) is 16.0 Å². The number of benzene rings is 1. The summed E-state index contributed by atoms with van der Waals surface area (Å²) in [6, 6.07) is 6.11. The molecule has 0 radical (unpaired) electrons. The molecule has 0 bridgehead atoms. The first-order chi connectivity index (χ1) is 9.86. The van der Waals surface area contributed by atoms with Crippen LogP contribution in [0.2, 0.25) is 0 Å². The fourth-order valence-corrected chi connectivity index (χ4v) is 2.31. The van der Waals surface area contributed by atoms with Crippen LogP contribution in [0.15, 0.2) is 18.2 Å². The Labute approximate surface area is 121 Å². The van der Waals surface area contributed by atoms with E-state index in [0.29, 0.717) is 0 Å². The van der Waals surface area contributed by atoms with Crippen molar-refractivity contribution < 1.29 is 0 Å². The minimum atomic E-state index is 0.775. The molecule has 0 saturated carbocycles. The Morgan fingerprint density at radius 3 is 2.60 bits per heavy atom. The van der Waals surface area contributed by atoms with Gasteiger partial charge in [-0.05, 0) is 43.8 Å². The zero-order chi connectivity index (χ0) is 14.0. The summed E-state index contributed by atoms with van der Waals surface area (Å²) in [6.45, 7) is 7.56. The van der Waals surface area contributed by atoms with Crippen LogP contribution in [0.25, 0.3) is 5.32 Å². The molecule has 5 heteroatoms. The van der Waals surface area contributed by atoms with E-state index in [1.807, 2.05) is 6.07 Å². The predicted octanol–water partition coefficient (Wildman–Crippen LogP) is 0.815. The van der Waals surface area contributed by atoms with Gasteiger partial charge in [0.25, 0.3) is 0 Å². The molecule has 1 heterocycles. The number of fused-ring (bicyclic) bond motifs is 1. The third kappa shape index (κ3) is 5.46. The Bertz CT molecular complexity index is 394. The molecule has 0 amide bonds. The lowest BCUT2D eigenvalue weighted by Gasteiger charge is -2.22. The van der Waals surface area contributed by atoms with E-state index < -0.39 is 0 Å². The van der Waals surface area contributed by atoms with E-state index in [-0.39, 0.29) is 0 Å². The monoisotopic (exact) mass is 276 g/mol. The Morgan fingerprint density at radius 2 is 1.70 bits per heavy atom. The molecule has 1 aliphatic heterocycles. The van der Waals surface area contributed by atoms with E-state index in [9.17, 15) is 0 Å². The van der Waals surface area contributed by atoms with Crippen LogP contribution < -0.4 is 21.7 Å². The summed E-state index contributed by atoms with van der Waals surface area (Å²) < 4.78 is 0. The zero-order valence-electron chi connectivity index (χ0n) is 12.1. The van der Waals surface area contributed by atoms with E-state index in [2.05, 4.69) is 33.4 Å². The second-order valence-electron chi connectivity index (χ2n) is 5.16. The Balaban J connectivity index is 1.93. The van der Waals surface area contributed by atoms with Crippen LogP contribution in [-0.2, 0) is 13.1 Å². The van der Waals surface area contributed by atoms with Crippen LogP contribution in [0.4, 0.5) is 5.69 Å². The van der Waals surface area contributed by atoms with Gasteiger partial charge in [-0.15, -0.1) is 13.1 Å². The first kappa shape index (κ1) is 15.3. The minimum Gasteiger partial charge on any atom is -0.657 e. The van der Waals surface area contributed by atoms with Crippen molar-refractivity contribution in [1.29, 1.82) is 0 Å². The van der Waals surface area contributed by atoms with Crippen LogP contribution in [0.3, 0.4) is 0 Å². The zero-order valence-corrected chi connectivity index (χ0v) is 12.1. The predicted molar refractivity (Wildman–Crippen MR) is 84.8 cm³/mol. The van der Waals surface area contributed by atoms with Crippen molar-refractivity contribution in [2.75, 3.05) is 45.0 Å². The molecular formula is C15H26N5-. The van der Waals surface area contributed by atoms with Crippen LogP contribution in [0.5, 0.6) is 0 Å². The first-order valence-corrected chi connectivity index (χ1v) is 7.49. The number of hydrogen-bond donors (Lipinski definition) is 4. The van der Waals surface area contributed by atoms with E-state index in [4.69, 9.17) is 5.73 Å². The van der Waals surface area contributed by atoms with Crippen molar-refractivity contribution in [3.05, 3.63) is 34.6 Å². The average molecular weight is 276 g/mol. The maximum atomic E-state index is 5.88. The molecule has 1 aromatic rings. The van der Waals surface area contributed by atoms with Gasteiger partial charge >= 0.3 is 0 Å². The number of nitrogens with one attached hydrogen (secondary N) is 3. The molecule has 20 heavy (non-hydrogen) atoms. The smallest absolute Gasteiger partial charge is 0.0317 e. The summed E-state index contributed by atoms with van der Waals surface area (Å²) in [4.78, 5) is 0. The molecule has 1 aliphatic rings. The summed E-state index contributed by atoms with van der Waals surface area (Å²) in [5, 5.41) is 14.9. The van der Waals surface area contributed by atoms with Crippen molar-refractivity contribution in [3.8, 4) is 0 Å². The number of nitrogens with zero attached hydrogens (tertiary/aromatic N) is 1. The summed E-state index contributed by atoms with van der Waals surface area (Å²) in [5.41, 5.74) is 9.24. The first-order valence-electron chi connectivity index (χ1n) is 7.49. The van der Waals surface area contributed by atoms with Crippen LogP contribution >= 0.6 is 0 Å². The van der Waals surface area contributed by atoms with Crippen LogP contribution in [0.1, 0.15) is 17.5 Å². The Kier molecular flexibility index (Phi) is 6.80. The van der Waals surface area contributed by atoms with Crippen LogP contribution in [0, 0.1) is 0 Å². The third-order valence-electron chi connectivity index (χ3n) is 3.46. The summed E-state index contributed by atoms with van der Waals surface area (Å²) in [6.07, 6.45) is 1.16. The number of nitrogens with two attached hydrogens (primary N) is 1. The van der Waals surface area contributed by atoms with Gasteiger partial charge in [-0.3, -0.25) is 0 Å². The lowest BCUT2D eigenvalue weighted by Crippen LogP contribution is -2.29. The Morgan fingerprint density at radius 1 is 0.900 bits per heavy atom. The second kappa shape index (κ2) is 8.92.